The first kappa shape index (κ1) is 14.8. The molecule has 2 aliphatic rings. The molecule has 0 aromatic rings. The number of ether oxygens (including phenoxy) is 1. The lowest BCUT2D eigenvalue weighted by Gasteiger charge is -2.26. The van der Waals surface area contributed by atoms with Gasteiger partial charge in [-0.25, -0.2) is 0 Å². The Balaban J connectivity index is 1.84. The molecule has 1 spiro atoms. The summed E-state index contributed by atoms with van der Waals surface area (Å²) in [6.45, 7) is 7.97. The second kappa shape index (κ2) is 5.41. The van der Waals surface area contributed by atoms with Crippen molar-refractivity contribution >= 4 is 5.91 Å². The molecule has 1 aliphatic carbocycles. The predicted molar refractivity (Wildman–Crippen MR) is 73.7 cm³/mol. The van der Waals surface area contributed by atoms with Gasteiger partial charge in [-0.2, -0.15) is 0 Å². The standard InChI is InChI=1S/C15H27NO3/c1-14(2,3)8-11(10-17)16-13(18)12-9-15(12)4-6-19-7-5-15/h11-12,17H,4-10H2,1-3H3,(H,16,18). The molecular formula is C15H27NO3. The quantitative estimate of drug-likeness (QED) is 0.817. The van der Waals surface area contributed by atoms with Crippen LogP contribution in [-0.4, -0.2) is 36.9 Å². The van der Waals surface area contributed by atoms with E-state index in [-0.39, 0.29) is 35.3 Å². The van der Waals surface area contributed by atoms with Crippen LogP contribution >= 0.6 is 0 Å². The summed E-state index contributed by atoms with van der Waals surface area (Å²) >= 11 is 0. The molecule has 1 saturated carbocycles. The highest BCUT2D eigenvalue weighted by Crippen LogP contribution is 2.59. The van der Waals surface area contributed by atoms with Crippen LogP contribution < -0.4 is 5.32 Å². The molecule has 4 heteroatoms. The third kappa shape index (κ3) is 3.69. The molecule has 1 heterocycles. The molecule has 0 bridgehead atoms. The van der Waals surface area contributed by atoms with Crippen LogP contribution in [0.1, 0.15) is 46.5 Å². The normalized spacial score (nSPS) is 27.1. The molecule has 2 atom stereocenters. The summed E-state index contributed by atoms with van der Waals surface area (Å²) in [5.41, 5.74) is 0.324. The van der Waals surface area contributed by atoms with Gasteiger partial charge in [-0.1, -0.05) is 20.8 Å². The van der Waals surface area contributed by atoms with Crippen LogP contribution in [0.5, 0.6) is 0 Å². The van der Waals surface area contributed by atoms with Gasteiger partial charge in [0.2, 0.25) is 5.91 Å². The van der Waals surface area contributed by atoms with Crippen molar-refractivity contribution in [1.29, 1.82) is 0 Å². The molecular weight excluding hydrogens is 242 g/mol. The van der Waals surface area contributed by atoms with Crippen molar-refractivity contribution < 1.29 is 14.6 Å². The highest BCUT2D eigenvalue weighted by Gasteiger charge is 2.58. The van der Waals surface area contributed by atoms with Gasteiger partial charge >= 0.3 is 0 Å². The van der Waals surface area contributed by atoms with Crippen molar-refractivity contribution in [3.05, 3.63) is 0 Å². The number of aliphatic hydroxyl groups is 1. The number of carbonyl (C=O) groups is 1. The maximum atomic E-state index is 12.3. The van der Waals surface area contributed by atoms with E-state index in [2.05, 4.69) is 26.1 Å². The zero-order valence-electron chi connectivity index (χ0n) is 12.4. The van der Waals surface area contributed by atoms with E-state index >= 15 is 0 Å². The van der Waals surface area contributed by atoms with E-state index in [1.54, 1.807) is 0 Å². The van der Waals surface area contributed by atoms with Gasteiger partial charge in [-0.3, -0.25) is 4.79 Å². The topological polar surface area (TPSA) is 58.6 Å². The third-order valence-corrected chi connectivity index (χ3v) is 4.42. The van der Waals surface area contributed by atoms with Crippen LogP contribution in [0, 0.1) is 16.7 Å². The molecule has 19 heavy (non-hydrogen) atoms. The van der Waals surface area contributed by atoms with Crippen molar-refractivity contribution in [3.63, 3.8) is 0 Å². The minimum Gasteiger partial charge on any atom is -0.394 e. The number of aliphatic hydroxyl groups excluding tert-OH is 1. The van der Waals surface area contributed by atoms with Crippen molar-refractivity contribution in [3.8, 4) is 0 Å². The highest BCUT2D eigenvalue weighted by atomic mass is 16.5. The molecule has 0 aromatic heterocycles. The molecule has 2 unspecified atom stereocenters. The Morgan fingerprint density at radius 2 is 2.05 bits per heavy atom. The first-order valence-corrected chi connectivity index (χ1v) is 7.35. The van der Waals surface area contributed by atoms with Gasteiger partial charge in [0.05, 0.1) is 12.6 Å². The smallest absolute Gasteiger partial charge is 0.223 e. The Kier molecular flexibility index (Phi) is 4.21. The molecule has 1 amide bonds. The largest absolute Gasteiger partial charge is 0.394 e. The Morgan fingerprint density at radius 1 is 1.42 bits per heavy atom. The first-order chi connectivity index (χ1) is 8.86. The van der Waals surface area contributed by atoms with Gasteiger partial charge in [-0.15, -0.1) is 0 Å². The van der Waals surface area contributed by atoms with Crippen molar-refractivity contribution in [2.75, 3.05) is 19.8 Å². The zero-order chi connectivity index (χ0) is 14.1. The van der Waals surface area contributed by atoms with Crippen molar-refractivity contribution in [1.82, 2.24) is 5.32 Å². The monoisotopic (exact) mass is 269 g/mol. The van der Waals surface area contributed by atoms with E-state index in [0.29, 0.717) is 0 Å². The lowest BCUT2D eigenvalue weighted by molar-refractivity contribution is -0.124. The molecule has 1 aliphatic heterocycles. The predicted octanol–water partition coefficient (Wildman–Crippen LogP) is 1.72. The Morgan fingerprint density at radius 3 is 2.58 bits per heavy atom. The van der Waals surface area contributed by atoms with E-state index in [1.165, 1.54) is 0 Å². The number of hydrogen-bond acceptors (Lipinski definition) is 3. The fraction of sp³-hybridized carbons (Fsp3) is 0.933. The van der Waals surface area contributed by atoms with E-state index in [4.69, 9.17) is 4.74 Å². The molecule has 2 fully saturated rings. The average molecular weight is 269 g/mol. The van der Waals surface area contributed by atoms with Crippen LogP contribution in [0.2, 0.25) is 0 Å². The van der Waals surface area contributed by atoms with E-state index < -0.39 is 0 Å². The summed E-state index contributed by atoms with van der Waals surface area (Å²) in [6.07, 6.45) is 3.82. The van der Waals surface area contributed by atoms with E-state index in [1.807, 2.05) is 0 Å². The Hall–Kier alpha value is -0.610. The summed E-state index contributed by atoms with van der Waals surface area (Å²) in [6, 6.07) is -0.120. The van der Waals surface area contributed by atoms with Gasteiger partial charge in [0.15, 0.2) is 0 Å². The van der Waals surface area contributed by atoms with Crippen LogP contribution in [-0.2, 0) is 9.53 Å². The zero-order valence-corrected chi connectivity index (χ0v) is 12.4. The highest BCUT2D eigenvalue weighted by molar-refractivity contribution is 5.82. The van der Waals surface area contributed by atoms with Crippen LogP contribution in [0.3, 0.4) is 0 Å². The van der Waals surface area contributed by atoms with Gasteiger partial charge < -0.3 is 15.2 Å². The molecule has 0 aromatic carbocycles. The van der Waals surface area contributed by atoms with Gasteiger partial charge in [0.1, 0.15) is 0 Å². The number of nitrogens with one attached hydrogen (secondary N) is 1. The lowest BCUT2D eigenvalue weighted by atomic mass is 9.88. The summed E-state index contributed by atoms with van der Waals surface area (Å²) in [5, 5.41) is 12.4. The first-order valence-electron chi connectivity index (χ1n) is 7.35. The summed E-state index contributed by atoms with van der Waals surface area (Å²) < 4.78 is 5.37. The van der Waals surface area contributed by atoms with Crippen LogP contribution in [0.25, 0.3) is 0 Å². The fourth-order valence-electron chi connectivity index (χ4n) is 3.25. The Bertz CT molecular complexity index is 329. The number of carbonyl (C=O) groups excluding carboxylic acids is 1. The summed E-state index contributed by atoms with van der Waals surface area (Å²) in [4.78, 5) is 12.3. The van der Waals surface area contributed by atoms with Crippen molar-refractivity contribution in [2.45, 2.75) is 52.5 Å². The molecule has 4 nitrogen and oxygen atoms in total. The molecule has 1 saturated heterocycles. The molecule has 0 radical (unpaired) electrons. The second-order valence-corrected chi connectivity index (χ2v) is 7.38. The Labute approximate surface area is 115 Å². The minimum absolute atomic E-state index is 0.0197. The number of rotatable bonds is 4. The fourth-order valence-corrected chi connectivity index (χ4v) is 3.25. The van der Waals surface area contributed by atoms with Crippen molar-refractivity contribution in [2.24, 2.45) is 16.7 Å². The third-order valence-electron chi connectivity index (χ3n) is 4.42. The lowest BCUT2D eigenvalue weighted by Crippen LogP contribution is -2.41. The van der Waals surface area contributed by atoms with Gasteiger partial charge in [-0.05, 0) is 36.5 Å². The maximum absolute atomic E-state index is 12.3. The summed E-state index contributed by atoms with van der Waals surface area (Å²) in [7, 11) is 0. The van der Waals surface area contributed by atoms with Gasteiger partial charge in [0, 0.05) is 19.1 Å². The minimum atomic E-state index is -0.120. The van der Waals surface area contributed by atoms with E-state index in [0.717, 1.165) is 38.9 Å². The van der Waals surface area contributed by atoms with Crippen LogP contribution in [0.15, 0.2) is 0 Å². The average Bonchev–Trinajstić information content (AvgIpc) is 3.01. The maximum Gasteiger partial charge on any atom is 0.223 e. The summed E-state index contributed by atoms with van der Waals surface area (Å²) in [5.74, 6) is 0.274. The molecule has 110 valence electrons. The molecule has 2 N–H and O–H groups in total. The molecule has 2 rings (SSSR count). The number of amides is 1. The van der Waals surface area contributed by atoms with E-state index in [9.17, 15) is 9.90 Å². The SMILES string of the molecule is CC(C)(C)CC(CO)NC(=O)C1CC12CCOCC2. The second-order valence-electron chi connectivity index (χ2n) is 7.38. The number of hydrogen-bond donors (Lipinski definition) is 2. The van der Waals surface area contributed by atoms with Crippen LogP contribution in [0.4, 0.5) is 0 Å². The van der Waals surface area contributed by atoms with Gasteiger partial charge in [0.25, 0.3) is 0 Å².